The van der Waals surface area contributed by atoms with Crippen LogP contribution in [-0.4, -0.2) is 25.7 Å². The Kier molecular flexibility index (Phi) is 4.60. The summed E-state index contributed by atoms with van der Waals surface area (Å²) in [6.07, 6.45) is 3.35. The minimum absolute atomic E-state index is 0.0986. The van der Waals surface area contributed by atoms with E-state index in [1.807, 2.05) is 6.07 Å². The third-order valence-electron chi connectivity index (χ3n) is 3.97. The van der Waals surface area contributed by atoms with Crippen molar-refractivity contribution in [3.05, 3.63) is 77.1 Å². The van der Waals surface area contributed by atoms with E-state index in [1.165, 1.54) is 12.1 Å². The van der Waals surface area contributed by atoms with Crippen LogP contribution in [0.5, 0.6) is 0 Å². The first-order valence-corrected chi connectivity index (χ1v) is 8.64. The van der Waals surface area contributed by atoms with Crippen molar-refractivity contribution < 1.29 is 9.18 Å². The summed E-state index contributed by atoms with van der Waals surface area (Å²) in [4.78, 5) is 19.7. The fraction of sp³-hybridized carbons (Fsp3) is 0.105. The molecule has 1 amide bonds. The van der Waals surface area contributed by atoms with E-state index < -0.39 is 0 Å². The van der Waals surface area contributed by atoms with E-state index in [4.69, 9.17) is 11.6 Å². The third kappa shape index (κ3) is 4.15. The minimum atomic E-state index is -0.291. The number of nitrogens with one attached hydrogen (secondary N) is 2. The van der Waals surface area contributed by atoms with E-state index in [9.17, 15) is 9.18 Å². The second-order valence-corrected chi connectivity index (χ2v) is 6.56. The summed E-state index contributed by atoms with van der Waals surface area (Å²) in [7, 11) is 0. The Morgan fingerprint density at radius 3 is 3.00 bits per heavy atom. The number of carbonyl (C=O) groups excluding carboxylic acids is 1. The first kappa shape index (κ1) is 17.2. The van der Waals surface area contributed by atoms with Crippen molar-refractivity contribution in [1.82, 2.24) is 19.7 Å². The Labute approximate surface area is 159 Å². The van der Waals surface area contributed by atoms with Gasteiger partial charge >= 0.3 is 0 Å². The molecule has 2 N–H and O–H groups in total. The zero-order chi connectivity index (χ0) is 18.8. The number of fused-ring (bicyclic) bond motifs is 1. The van der Waals surface area contributed by atoms with Gasteiger partial charge in [0.05, 0.1) is 35.9 Å². The maximum Gasteiger partial charge on any atom is 0.232 e. The molecule has 0 saturated carbocycles. The van der Waals surface area contributed by atoms with Gasteiger partial charge in [0, 0.05) is 11.2 Å². The molecule has 0 fully saturated rings. The van der Waals surface area contributed by atoms with Gasteiger partial charge in [0.2, 0.25) is 5.91 Å². The minimum Gasteiger partial charge on any atom is -0.342 e. The molecular weight excluding hydrogens is 369 g/mol. The predicted octanol–water partition coefficient (Wildman–Crippen LogP) is 3.78. The SMILES string of the molecule is O=C(Cc1nc2ccc(Cl)cc2[nH]1)Nc1cnn(Cc2cccc(F)c2)c1. The first-order valence-electron chi connectivity index (χ1n) is 8.26. The van der Waals surface area contributed by atoms with Gasteiger partial charge in [-0.2, -0.15) is 5.10 Å². The van der Waals surface area contributed by atoms with Gasteiger partial charge in [-0.3, -0.25) is 9.48 Å². The molecule has 0 aliphatic heterocycles. The second kappa shape index (κ2) is 7.20. The summed E-state index contributed by atoms with van der Waals surface area (Å²) in [5, 5.41) is 7.57. The van der Waals surface area contributed by atoms with Gasteiger partial charge < -0.3 is 10.3 Å². The van der Waals surface area contributed by atoms with Gasteiger partial charge in [-0.1, -0.05) is 23.7 Å². The van der Waals surface area contributed by atoms with Crippen molar-refractivity contribution in [2.75, 3.05) is 5.32 Å². The van der Waals surface area contributed by atoms with Crippen molar-refractivity contribution in [3.63, 3.8) is 0 Å². The van der Waals surface area contributed by atoms with Crippen LogP contribution in [0.1, 0.15) is 11.4 Å². The first-order chi connectivity index (χ1) is 13.0. The van der Waals surface area contributed by atoms with E-state index in [0.717, 1.165) is 16.6 Å². The van der Waals surface area contributed by atoms with Crippen LogP contribution in [0.4, 0.5) is 10.1 Å². The standard InChI is InChI=1S/C19H15ClFN5O/c20-13-4-5-16-17(7-13)25-18(24-16)8-19(27)23-15-9-22-26(11-15)10-12-2-1-3-14(21)6-12/h1-7,9,11H,8,10H2,(H,23,27)(H,24,25). The molecule has 6 nitrogen and oxygen atoms in total. The average Bonchev–Trinajstić information content (AvgIpc) is 3.20. The van der Waals surface area contributed by atoms with Crippen molar-refractivity contribution >= 4 is 34.2 Å². The summed E-state index contributed by atoms with van der Waals surface area (Å²) in [6.45, 7) is 0.415. The van der Waals surface area contributed by atoms with E-state index >= 15 is 0 Å². The largest absolute Gasteiger partial charge is 0.342 e. The average molecular weight is 384 g/mol. The molecular formula is C19H15ClFN5O. The maximum atomic E-state index is 13.3. The lowest BCUT2D eigenvalue weighted by atomic mass is 10.2. The summed E-state index contributed by atoms with van der Waals surface area (Å²) in [5.41, 5.74) is 2.89. The molecule has 0 bridgehead atoms. The molecule has 4 rings (SSSR count). The molecule has 0 saturated heterocycles. The number of hydrogen-bond acceptors (Lipinski definition) is 3. The fourth-order valence-corrected chi connectivity index (χ4v) is 2.98. The third-order valence-corrected chi connectivity index (χ3v) is 4.21. The number of carbonyl (C=O) groups is 1. The van der Waals surface area contributed by atoms with Crippen molar-refractivity contribution in [2.45, 2.75) is 13.0 Å². The topological polar surface area (TPSA) is 75.6 Å². The van der Waals surface area contributed by atoms with Crippen LogP contribution in [0, 0.1) is 5.82 Å². The lowest BCUT2D eigenvalue weighted by Gasteiger charge is -2.02. The molecule has 2 aromatic carbocycles. The maximum absolute atomic E-state index is 13.3. The normalized spacial score (nSPS) is 11.0. The van der Waals surface area contributed by atoms with Gasteiger partial charge in [-0.25, -0.2) is 9.37 Å². The number of benzene rings is 2. The van der Waals surface area contributed by atoms with Gasteiger partial charge in [-0.05, 0) is 35.9 Å². The molecule has 0 aliphatic carbocycles. The number of aromatic amines is 1. The van der Waals surface area contributed by atoms with Gasteiger partial charge in [0.25, 0.3) is 0 Å². The monoisotopic (exact) mass is 383 g/mol. The highest BCUT2D eigenvalue weighted by Crippen LogP contribution is 2.17. The number of aromatic nitrogens is 4. The van der Waals surface area contributed by atoms with Gasteiger partial charge in [0.1, 0.15) is 11.6 Å². The molecule has 0 aliphatic rings. The summed E-state index contributed by atoms with van der Waals surface area (Å²) in [5.74, 6) is 0.0442. The molecule has 2 heterocycles. The smallest absolute Gasteiger partial charge is 0.232 e. The Balaban J connectivity index is 1.40. The highest BCUT2D eigenvalue weighted by atomic mass is 35.5. The predicted molar refractivity (Wildman–Crippen MR) is 101 cm³/mol. The molecule has 8 heteroatoms. The van der Waals surface area contributed by atoms with E-state index in [0.29, 0.717) is 23.1 Å². The Hall–Kier alpha value is -3.19. The summed E-state index contributed by atoms with van der Waals surface area (Å²) >= 11 is 5.95. The van der Waals surface area contributed by atoms with E-state index in [2.05, 4.69) is 20.4 Å². The van der Waals surface area contributed by atoms with Gasteiger partial charge in [-0.15, -0.1) is 0 Å². The molecule has 136 valence electrons. The van der Waals surface area contributed by atoms with Crippen LogP contribution >= 0.6 is 11.6 Å². The van der Waals surface area contributed by atoms with Crippen LogP contribution in [0.15, 0.2) is 54.9 Å². The fourth-order valence-electron chi connectivity index (χ4n) is 2.81. The van der Waals surface area contributed by atoms with Gasteiger partial charge in [0.15, 0.2) is 0 Å². The van der Waals surface area contributed by atoms with Crippen molar-refractivity contribution in [1.29, 1.82) is 0 Å². The molecule has 0 spiro atoms. The number of nitrogens with zero attached hydrogens (tertiary/aromatic N) is 3. The number of amides is 1. The van der Waals surface area contributed by atoms with Crippen molar-refractivity contribution in [3.8, 4) is 0 Å². The second-order valence-electron chi connectivity index (χ2n) is 6.13. The molecule has 0 unspecified atom stereocenters. The van der Waals surface area contributed by atoms with Crippen LogP contribution in [-0.2, 0) is 17.8 Å². The molecule has 4 aromatic rings. The molecule has 0 atom stereocenters. The van der Waals surface area contributed by atoms with E-state index in [-0.39, 0.29) is 18.1 Å². The lowest BCUT2D eigenvalue weighted by Crippen LogP contribution is -2.14. The lowest BCUT2D eigenvalue weighted by molar-refractivity contribution is -0.115. The number of halogens is 2. The number of anilines is 1. The van der Waals surface area contributed by atoms with E-state index in [1.54, 1.807) is 41.3 Å². The Morgan fingerprint density at radius 2 is 2.15 bits per heavy atom. The molecule has 2 aromatic heterocycles. The highest BCUT2D eigenvalue weighted by Gasteiger charge is 2.10. The highest BCUT2D eigenvalue weighted by molar-refractivity contribution is 6.31. The number of H-pyrrole nitrogens is 1. The Bertz CT molecular complexity index is 1120. The quantitative estimate of drug-likeness (QED) is 0.550. The van der Waals surface area contributed by atoms with Crippen molar-refractivity contribution in [2.24, 2.45) is 0 Å². The summed E-state index contributed by atoms with van der Waals surface area (Å²) in [6, 6.07) is 11.6. The number of rotatable bonds is 5. The molecule has 27 heavy (non-hydrogen) atoms. The van der Waals surface area contributed by atoms with Crippen LogP contribution in [0.25, 0.3) is 11.0 Å². The van der Waals surface area contributed by atoms with Crippen LogP contribution in [0.3, 0.4) is 0 Å². The van der Waals surface area contributed by atoms with Crippen LogP contribution in [0.2, 0.25) is 5.02 Å². The zero-order valence-corrected chi connectivity index (χ0v) is 14.9. The summed E-state index contributed by atoms with van der Waals surface area (Å²) < 4.78 is 14.9. The number of hydrogen-bond donors (Lipinski definition) is 2. The zero-order valence-electron chi connectivity index (χ0n) is 14.1. The molecule has 0 radical (unpaired) electrons. The van der Waals surface area contributed by atoms with Crippen LogP contribution < -0.4 is 5.32 Å². The number of imidazole rings is 1. The Morgan fingerprint density at radius 1 is 1.26 bits per heavy atom.